The second-order valence-electron chi connectivity index (χ2n) is 5.12. The van der Waals surface area contributed by atoms with Gasteiger partial charge in [-0.3, -0.25) is 0 Å². The van der Waals surface area contributed by atoms with Gasteiger partial charge in [0.25, 0.3) is 0 Å². The van der Waals surface area contributed by atoms with Crippen molar-refractivity contribution in [2.24, 2.45) is 0 Å². The van der Waals surface area contributed by atoms with Crippen LogP contribution in [0.15, 0.2) is 24.3 Å². The van der Waals surface area contributed by atoms with Crippen LogP contribution in [0.1, 0.15) is 21.5 Å². The molecule has 0 spiro atoms. The summed E-state index contributed by atoms with van der Waals surface area (Å²) in [6, 6.07) is 7.13. The van der Waals surface area contributed by atoms with Crippen LogP contribution in [0.3, 0.4) is 0 Å². The van der Waals surface area contributed by atoms with Gasteiger partial charge in [0.15, 0.2) is 11.5 Å². The standard InChI is InChI=1S/C17H16O5/c1-9-4-14-13(6-11(9)17(18)19)12-7-16(21-3)15(20-2)5-10(12)8-22-14/h4-7H,8H2,1-3H3,(H,18,19). The minimum atomic E-state index is -0.951. The van der Waals surface area contributed by atoms with Crippen LogP contribution in [0, 0.1) is 6.92 Å². The Morgan fingerprint density at radius 3 is 2.41 bits per heavy atom. The van der Waals surface area contributed by atoms with Gasteiger partial charge in [-0.1, -0.05) is 0 Å². The smallest absolute Gasteiger partial charge is 0.335 e. The first-order chi connectivity index (χ1) is 10.5. The van der Waals surface area contributed by atoms with Crippen LogP contribution in [0.5, 0.6) is 17.2 Å². The predicted molar refractivity (Wildman–Crippen MR) is 81.0 cm³/mol. The van der Waals surface area contributed by atoms with Gasteiger partial charge in [0.2, 0.25) is 0 Å². The largest absolute Gasteiger partial charge is 0.493 e. The highest BCUT2D eigenvalue weighted by Crippen LogP contribution is 2.43. The number of hydrogen-bond acceptors (Lipinski definition) is 4. The van der Waals surface area contributed by atoms with Gasteiger partial charge in [-0.05, 0) is 42.3 Å². The molecule has 22 heavy (non-hydrogen) atoms. The summed E-state index contributed by atoms with van der Waals surface area (Å²) in [6.07, 6.45) is 0. The lowest BCUT2D eigenvalue weighted by Gasteiger charge is -2.23. The van der Waals surface area contributed by atoms with Crippen LogP contribution in [0.25, 0.3) is 11.1 Å². The van der Waals surface area contributed by atoms with Crippen molar-refractivity contribution in [2.75, 3.05) is 14.2 Å². The van der Waals surface area contributed by atoms with E-state index in [2.05, 4.69) is 0 Å². The highest BCUT2D eigenvalue weighted by Gasteiger charge is 2.23. The number of fused-ring (bicyclic) bond motifs is 3. The van der Waals surface area contributed by atoms with Gasteiger partial charge < -0.3 is 19.3 Å². The fourth-order valence-electron chi connectivity index (χ4n) is 2.69. The maximum Gasteiger partial charge on any atom is 0.335 e. The molecule has 0 bridgehead atoms. The summed E-state index contributed by atoms with van der Waals surface area (Å²) in [5.74, 6) is 0.959. The van der Waals surface area contributed by atoms with Gasteiger partial charge in [-0.15, -0.1) is 0 Å². The van der Waals surface area contributed by atoms with E-state index in [4.69, 9.17) is 14.2 Å². The van der Waals surface area contributed by atoms with Crippen LogP contribution in [0.2, 0.25) is 0 Å². The number of hydrogen-bond donors (Lipinski definition) is 1. The number of rotatable bonds is 3. The Morgan fingerprint density at radius 1 is 1.09 bits per heavy atom. The van der Waals surface area contributed by atoms with E-state index in [9.17, 15) is 9.90 Å². The molecule has 0 atom stereocenters. The monoisotopic (exact) mass is 300 g/mol. The summed E-state index contributed by atoms with van der Waals surface area (Å²) in [5.41, 5.74) is 3.54. The van der Waals surface area contributed by atoms with E-state index >= 15 is 0 Å². The minimum Gasteiger partial charge on any atom is -0.493 e. The van der Waals surface area contributed by atoms with E-state index in [-0.39, 0.29) is 5.56 Å². The zero-order valence-electron chi connectivity index (χ0n) is 12.6. The summed E-state index contributed by atoms with van der Waals surface area (Å²) < 4.78 is 16.4. The van der Waals surface area contributed by atoms with E-state index in [1.807, 2.05) is 12.1 Å². The molecule has 1 N–H and O–H groups in total. The third kappa shape index (κ3) is 2.15. The number of carbonyl (C=O) groups is 1. The predicted octanol–water partition coefficient (Wildman–Crippen LogP) is 3.27. The van der Waals surface area contributed by atoms with E-state index < -0.39 is 5.97 Å². The highest BCUT2D eigenvalue weighted by atomic mass is 16.5. The van der Waals surface area contributed by atoms with Gasteiger partial charge in [-0.25, -0.2) is 4.79 Å². The molecule has 1 heterocycles. The first kappa shape index (κ1) is 14.3. The molecule has 0 unspecified atom stereocenters. The van der Waals surface area contributed by atoms with E-state index in [0.717, 1.165) is 16.7 Å². The molecule has 2 aromatic carbocycles. The molecule has 0 aromatic heterocycles. The topological polar surface area (TPSA) is 65.0 Å². The Bertz CT molecular complexity index is 764. The molecule has 5 heteroatoms. The molecule has 0 radical (unpaired) electrons. The van der Waals surface area contributed by atoms with Crippen LogP contribution < -0.4 is 14.2 Å². The number of aromatic carboxylic acids is 1. The molecular weight excluding hydrogens is 284 g/mol. The maximum atomic E-state index is 11.4. The van der Waals surface area contributed by atoms with Gasteiger partial charge in [0.1, 0.15) is 12.4 Å². The molecule has 5 nitrogen and oxygen atoms in total. The van der Waals surface area contributed by atoms with Crippen molar-refractivity contribution in [3.05, 3.63) is 41.0 Å². The van der Waals surface area contributed by atoms with Crippen LogP contribution in [-0.2, 0) is 6.61 Å². The summed E-state index contributed by atoms with van der Waals surface area (Å²) >= 11 is 0. The summed E-state index contributed by atoms with van der Waals surface area (Å²) in [5, 5.41) is 9.31. The molecule has 0 saturated carbocycles. The van der Waals surface area contributed by atoms with Crippen molar-refractivity contribution in [3.63, 3.8) is 0 Å². The van der Waals surface area contributed by atoms with Crippen molar-refractivity contribution in [1.29, 1.82) is 0 Å². The number of carboxylic acids is 1. The molecule has 0 aliphatic carbocycles. The quantitative estimate of drug-likeness (QED) is 0.942. The second-order valence-corrected chi connectivity index (χ2v) is 5.12. The summed E-state index contributed by atoms with van der Waals surface area (Å²) in [6.45, 7) is 2.17. The van der Waals surface area contributed by atoms with Gasteiger partial charge >= 0.3 is 5.97 Å². The Hall–Kier alpha value is -2.69. The van der Waals surface area contributed by atoms with Gasteiger partial charge in [0, 0.05) is 11.1 Å². The Kier molecular flexibility index (Phi) is 3.41. The van der Waals surface area contributed by atoms with Crippen LogP contribution in [-0.4, -0.2) is 25.3 Å². The summed E-state index contributed by atoms with van der Waals surface area (Å²) in [7, 11) is 3.15. The van der Waals surface area contributed by atoms with Crippen molar-refractivity contribution < 1.29 is 24.1 Å². The molecule has 3 rings (SSSR count). The zero-order chi connectivity index (χ0) is 15.9. The van der Waals surface area contributed by atoms with Gasteiger partial charge in [-0.2, -0.15) is 0 Å². The van der Waals surface area contributed by atoms with Crippen molar-refractivity contribution >= 4 is 5.97 Å². The molecule has 0 saturated heterocycles. The number of benzene rings is 2. The number of methoxy groups -OCH3 is 2. The molecule has 0 amide bonds. The van der Waals surface area contributed by atoms with Crippen LogP contribution in [0.4, 0.5) is 0 Å². The van der Waals surface area contributed by atoms with E-state index in [0.29, 0.717) is 29.4 Å². The molecular formula is C17H16O5. The number of aryl methyl sites for hydroxylation is 1. The maximum absolute atomic E-state index is 11.4. The average molecular weight is 300 g/mol. The van der Waals surface area contributed by atoms with Gasteiger partial charge in [0.05, 0.1) is 19.8 Å². The zero-order valence-corrected chi connectivity index (χ0v) is 12.6. The molecule has 0 fully saturated rings. The van der Waals surface area contributed by atoms with Crippen LogP contribution >= 0.6 is 0 Å². The normalized spacial score (nSPS) is 12.0. The first-order valence-electron chi connectivity index (χ1n) is 6.81. The third-order valence-corrected chi connectivity index (χ3v) is 3.84. The van der Waals surface area contributed by atoms with Crippen molar-refractivity contribution in [3.8, 4) is 28.4 Å². The second kappa shape index (κ2) is 5.26. The van der Waals surface area contributed by atoms with E-state index in [1.165, 1.54) is 0 Å². The van der Waals surface area contributed by atoms with Crippen molar-refractivity contribution in [2.45, 2.75) is 13.5 Å². The number of ether oxygens (including phenoxy) is 3. The minimum absolute atomic E-state index is 0.269. The molecule has 1 aliphatic heterocycles. The first-order valence-corrected chi connectivity index (χ1v) is 6.81. The molecule has 114 valence electrons. The fraction of sp³-hybridized carbons (Fsp3) is 0.235. The Labute approximate surface area is 128 Å². The highest BCUT2D eigenvalue weighted by molar-refractivity contribution is 5.93. The Balaban J connectivity index is 2.24. The summed E-state index contributed by atoms with van der Waals surface area (Å²) in [4.78, 5) is 11.4. The third-order valence-electron chi connectivity index (χ3n) is 3.84. The Morgan fingerprint density at radius 2 is 1.77 bits per heavy atom. The fourth-order valence-corrected chi connectivity index (χ4v) is 2.69. The molecule has 1 aliphatic rings. The SMILES string of the molecule is COc1cc2c(cc1OC)-c1cc(C(=O)O)c(C)cc1OC2. The van der Waals surface area contributed by atoms with E-state index in [1.54, 1.807) is 33.3 Å². The molecule has 2 aromatic rings. The lowest BCUT2D eigenvalue weighted by molar-refractivity contribution is 0.0696. The average Bonchev–Trinajstić information content (AvgIpc) is 2.52. The van der Waals surface area contributed by atoms with Crippen molar-refractivity contribution in [1.82, 2.24) is 0 Å². The lowest BCUT2D eigenvalue weighted by Crippen LogP contribution is -2.09. The lowest BCUT2D eigenvalue weighted by atomic mass is 9.93. The number of carboxylic acid groups (broad SMARTS) is 1.